The Kier molecular flexibility index (Phi) is 3.88. The Morgan fingerprint density at radius 2 is 1.86 bits per heavy atom. The summed E-state index contributed by atoms with van der Waals surface area (Å²) in [5.41, 5.74) is 3.28. The smallest absolute Gasteiger partial charge is 0.268 e. The fourth-order valence-electron chi connectivity index (χ4n) is 3.03. The molecule has 3 nitrogen and oxygen atoms in total. The molecule has 114 valence electrons. The molecule has 0 saturated carbocycles. The number of anilines is 1. The van der Waals surface area contributed by atoms with E-state index in [9.17, 15) is 4.79 Å². The largest absolute Gasteiger partial charge is 0.481 e. The molecule has 0 unspecified atom stereocenters. The second kappa shape index (κ2) is 5.84. The van der Waals surface area contributed by atoms with Crippen LogP contribution in [0.2, 0.25) is 0 Å². The fraction of sp³-hybridized carbons (Fsp3) is 0.316. The zero-order valence-corrected chi connectivity index (χ0v) is 13.2. The number of carbonyl (C=O) groups is 1. The number of carbonyl (C=O) groups excluding carboxylic acids is 1. The highest BCUT2D eigenvalue weighted by Crippen LogP contribution is 2.32. The molecule has 2 atom stereocenters. The first-order valence-corrected chi connectivity index (χ1v) is 7.71. The van der Waals surface area contributed by atoms with Gasteiger partial charge in [-0.05, 0) is 50.5 Å². The summed E-state index contributed by atoms with van der Waals surface area (Å²) in [6, 6.07) is 16.1. The van der Waals surface area contributed by atoms with Crippen molar-refractivity contribution in [1.82, 2.24) is 0 Å². The van der Waals surface area contributed by atoms with E-state index in [0.717, 1.165) is 23.4 Å². The van der Waals surface area contributed by atoms with Crippen LogP contribution >= 0.6 is 0 Å². The number of amides is 1. The van der Waals surface area contributed by atoms with Crippen LogP contribution in [0, 0.1) is 6.92 Å². The molecule has 22 heavy (non-hydrogen) atoms. The lowest BCUT2D eigenvalue weighted by Crippen LogP contribution is -2.43. The molecular weight excluding hydrogens is 274 g/mol. The molecule has 0 bridgehead atoms. The minimum absolute atomic E-state index is 0.0145. The van der Waals surface area contributed by atoms with Gasteiger partial charge in [0.2, 0.25) is 0 Å². The molecule has 2 aromatic rings. The topological polar surface area (TPSA) is 29.5 Å². The third-order valence-electron chi connectivity index (χ3n) is 4.19. The van der Waals surface area contributed by atoms with Gasteiger partial charge in [0.15, 0.2) is 6.10 Å². The van der Waals surface area contributed by atoms with Gasteiger partial charge in [0.1, 0.15) is 5.75 Å². The van der Waals surface area contributed by atoms with E-state index in [4.69, 9.17) is 4.74 Å². The Labute approximate surface area is 131 Å². The first-order chi connectivity index (χ1) is 10.6. The summed E-state index contributed by atoms with van der Waals surface area (Å²) in [6.45, 7) is 5.89. The lowest BCUT2D eigenvalue weighted by Gasteiger charge is -2.26. The van der Waals surface area contributed by atoms with Crippen molar-refractivity contribution in [3.63, 3.8) is 0 Å². The molecule has 0 aliphatic carbocycles. The molecule has 0 radical (unpaired) electrons. The zero-order chi connectivity index (χ0) is 15.7. The average molecular weight is 295 g/mol. The van der Waals surface area contributed by atoms with Crippen molar-refractivity contribution < 1.29 is 9.53 Å². The maximum Gasteiger partial charge on any atom is 0.268 e. The molecule has 1 aliphatic heterocycles. The molecule has 0 aromatic heterocycles. The minimum Gasteiger partial charge on any atom is -0.481 e. The van der Waals surface area contributed by atoms with Gasteiger partial charge in [-0.15, -0.1) is 0 Å². The van der Waals surface area contributed by atoms with Gasteiger partial charge in [-0.25, -0.2) is 0 Å². The number of rotatable bonds is 3. The quantitative estimate of drug-likeness (QED) is 0.863. The average Bonchev–Trinajstić information content (AvgIpc) is 2.84. The number of fused-ring (bicyclic) bond motifs is 1. The van der Waals surface area contributed by atoms with Crippen molar-refractivity contribution >= 4 is 11.6 Å². The first-order valence-electron chi connectivity index (χ1n) is 7.71. The molecule has 3 rings (SSSR count). The molecule has 0 N–H and O–H groups in total. The molecule has 1 amide bonds. The fourth-order valence-corrected chi connectivity index (χ4v) is 3.03. The maximum atomic E-state index is 12.8. The van der Waals surface area contributed by atoms with E-state index in [1.807, 2.05) is 61.2 Å². The number of para-hydroxylation sites is 2. The highest BCUT2D eigenvalue weighted by atomic mass is 16.5. The van der Waals surface area contributed by atoms with Gasteiger partial charge in [-0.3, -0.25) is 4.79 Å². The van der Waals surface area contributed by atoms with E-state index in [0.29, 0.717) is 0 Å². The Morgan fingerprint density at radius 1 is 1.18 bits per heavy atom. The Balaban J connectivity index is 1.81. The van der Waals surface area contributed by atoms with Crippen LogP contribution in [0.5, 0.6) is 5.75 Å². The maximum absolute atomic E-state index is 12.8. The van der Waals surface area contributed by atoms with Gasteiger partial charge in [0, 0.05) is 11.7 Å². The van der Waals surface area contributed by atoms with E-state index in [2.05, 4.69) is 13.0 Å². The van der Waals surface area contributed by atoms with Crippen LogP contribution in [-0.4, -0.2) is 18.1 Å². The summed E-state index contributed by atoms with van der Waals surface area (Å²) < 4.78 is 5.89. The summed E-state index contributed by atoms with van der Waals surface area (Å²) in [5, 5.41) is 0. The van der Waals surface area contributed by atoms with E-state index < -0.39 is 6.10 Å². The predicted molar refractivity (Wildman–Crippen MR) is 88.4 cm³/mol. The normalized spacial score (nSPS) is 18.0. The summed E-state index contributed by atoms with van der Waals surface area (Å²) >= 11 is 0. The van der Waals surface area contributed by atoms with Crippen molar-refractivity contribution in [3.05, 3.63) is 59.7 Å². The van der Waals surface area contributed by atoms with Gasteiger partial charge in [0.25, 0.3) is 5.91 Å². The van der Waals surface area contributed by atoms with E-state index in [1.54, 1.807) is 0 Å². The van der Waals surface area contributed by atoms with Crippen LogP contribution in [0.3, 0.4) is 0 Å². The van der Waals surface area contributed by atoms with E-state index in [1.165, 1.54) is 5.56 Å². The summed E-state index contributed by atoms with van der Waals surface area (Å²) in [5.74, 6) is 0.782. The van der Waals surface area contributed by atoms with Crippen molar-refractivity contribution in [2.75, 3.05) is 4.90 Å². The van der Waals surface area contributed by atoms with E-state index in [-0.39, 0.29) is 11.9 Å². The number of ether oxygens (including phenoxy) is 1. The predicted octanol–water partition coefficient (Wildman–Crippen LogP) is 3.74. The summed E-state index contributed by atoms with van der Waals surface area (Å²) in [7, 11) is 0. The Bertz CT molecular complexity index is 695. The van der Waals surface area contributed by atoms with Gasteiger partial charge < -0.3 is 9.64 Å². The Morgan fingerprint density at radius 3 is 2.64 bits per heavy atom. The van der Waals surface area contributed by atoms with Gasteiger partial charge in [-0.2, -0.15) is 0 Å². The van der Waals surface area contributed by atoms with Crippen LogP contribution in [0.4, 0.5) is 5.69 Å². The van der Waals surface area contributed by atoms with Crippen LogP contribution < -0.4 is 9.64 Å². The van der Waals surface area contributed by atoms with Gasteiger partial charge >= 0.3 is 0 Å². The molecule has 1 aliphatic rings. The number of benzene rings is 2. The molecule has 0 spiro atoms. The van der Waals surface area contributed by atoms with E-state index >= 15 is 0 Å². The second-order valence-electron chi connectivity index (χ2n) is 5.92. The minimum atomic E-state index is -0.505. The monoisotopic (exact) mass is 295 g/mol. The number of aryl methyl sites for hydroxylation is 1. The summed E-state index contributed by atoms with van der Waals surface area (Å²) in [6.07, 6.45) is 0.397. The SMILES string of the molecule is Cc1ccccc1O[C@H](C)C(=O)N1c2ccccc2C[C@@H]1C. The molecule has 0 saturated heterocycles. The van der Waals surface area contributed by atoms with Crippen LogP contribution in [0.25, 0.3) is 0 Å². The lowest BCUT2D eigenvalue weighted by atomic mass is 10.1. The lowest BCUT2D eigenvalue weighted by molar-refractivity contribution is -0.124. The van der Waals surface area contributed by atoms with Crippen LogP contribution in [-0.2, 0) is 11.2 Å². The second-order valence-corrected chi connectivity index (χ2v) is 5.92. The zero-order valence-electron chi connectivity index (χ0n) is 13.2. The number of hydrogen-bond acceptors (Lipinski definition) is 2. The molecular formula is C19H21NO2. The first kappa shape index (κ1) is 14.6. The Hall–Kier alpha value is -2.29. The number of nitrogens with zero attached hydrogens (tertiary/aromatic N) is 1. The van der Waals surface area contributed by atoms with Gasteiger partial charge in [-0.1, -0.05) is 36.4 Å². The number of hydrogen-bond donors (Lipinski definition) is 0. The third kappa shape index (κ3) is 2.59. The summed E-state index contributed by atoms with van der Waals surface area (Å²) in [4.78, 5) is 14.7. The van der Waals surface area contributed by atoms with Crippen LogP contribution in [0.1, 0.15) is 25.0 Å². The van der Waals surface area contributed by atoms with Crippen molar-refractivity contribution in [2.24, 2.45) is 0 Å². The van der Waals surface area contributed by atoms with Crippen LogP contribution in [0.15, 0.2) is 48.5 Å². The molecule has 2 aromatic carbocycles. The van der Waals surface area contributed by atoms with Crippen molar-refractivity contribution in [3.8, 4) is 5.75 Å². The van der Waals surface area contributed by atoms with Gasteiger partial charge in [0.05, 0.1) is 0 Å². The van der Waals surface area contributed by atoms with Crippen molar-refractivity contribution in [2.45, 2.75) is 39.3 Å². The molecule has 1 heterocycles. The highest BCUT2D eigenvalue weighted by molar-refractivity contribution is 5.99. The molecule has 3 heteroatoms. The molecule has 0 fully saturated rings. The highest BCUT2D eigenvalue weighted by Gasteiger charge is 2.33. The van der Waals surface area contributed by atoms with Crippen molar-refractivity contribution in [1.29, 1.82) is 0 Å². The standard InChI is InChI=1S/C19H21NO2/c1-13-8-4-7-11-18(13)22-15(3)19(21)20-14(2)12-16-9-5-6-10-17(16)20/h4-11,14-15H,12H2,1-3H3/t14-,15+/m0/s1. The third-order valence-corrected chi connectivity index (χ3v) is 4.19.